The van der Waals surface area contributed by atoms with Gasteiger partial charge >= 0.3 is 5.97 Å². The van der Waals surface area contributed by atoms with E-state index in [2.05, 4.69) is 18.7 Å². The highest BCUT2D eigenvalue weighted by atomic mass is 16.5. The summed E-state index contributed by atoms with van der Waals surface area (Å²) < 4.78 is 10.9. The number of methoxy groups -OCH3 is 1. The third kappa shape index (κ3) is 37.1. The minimum atomic E-state index is 0.0879. The van der Waals surface area contributed by atoms with Gasteiger partial charge in [0.15, 0.2) is 0 Å². The number of nitrogens with zero attached hydrogens (tertiary/aromatic N) is 1. The fraction of sp³-hybridized carbons (Fsp3) is 0.978. The second-order valence-corrected chi connectivity index (χ2v) is 15.6. The Bertz CT molecular complexity index is 645. The molecule has 0 saturated carbocycles. The van der Waals surface area contributed by atoms with E-state index in [1.807, 2.05) is 0 Å². The van der Waals surface area contributed by atoms with Crippen LogP contribution in [0.2, 0.25) is 0 Å². The largest absolute Gasteiger partial charge is 0.465 e. The summed E-state index contributed by atoms with van der Waals surface area (Å²) in [6, 6.07) is 0. The molecular formula is C45H91NO4. The first-order chi connectivity index (χ1) is 24.7. The van der Waals surface area contributed by atoms with Crippen LogP contribution in [0.1, 0.15) is 232 Å². The molecule has 0 radical (unpaired) electrons. The van der Waals surface area contributed by atoms with E-state index in [9.17, 15) is 9.90 Å². The van der Waals surface area contributed by atoms with E-state index in [1.165, 1.54) is 199 Å². The van der Waals surface area contributed by atoms with Gasteiger partial charge in [-0.05, 0) is 71.0 Å². The van der Waals surface area contributed by atoms with E-state index in [-0.39, 0.29) is 11.9 Å². The Kier molecular flexibility index (Phi) is 42.2. The number of carbonyl (C=O) groups excluding carboxylic acids is 1. The molecule has 50 heavy (non-hydrogen) atoms. The van der Waals surface area contributed by atoms with Crippen LogP contribution < -0.4 is 0 Å². The number of aliphatic hydroxyl groups is 1. The molecule has 5 heteroatoms. The molecule has 0 aromatic heterocycles. The predicted octanol–water partition coefficient (Wildman–Crippen LogP) is 13.4. The van der Waals surface area contributed by atoms with Crippen LogP contribution in [0.3, 0.4) is 0 Å². The Morgan fingerprint density at radius 2 is 0.800 bits per heavy atom. The summed E-state index contributed by atoms with van der Waals surface area (Å²) in [7, 11) is 1.80. The number of unbranched alkanes of at least 4 members (excludes halogenated alkanes) is 27. The van der Waals surface area contributed by atoms with Gasteiger partial charge in [-0.25, -0.2) is 0 Å². The average Bonchev–Trinajstić information content (AvgIpc) is 3.12. The number of aliphatic hydroxyl groups excluding tert-OH is 1. The second kappa shape index (κ2) is 42.8. The normalized spacial score (nSPS) is 12.3. The lowest BCUT2D eigenvalue weighted by Gasteiger charge is -2.22. The van der Waals surface area contributed by atoms with Gasteiger partial charge in [0.2, 0.25) is 0 Å². The maximum atomic E-state index is 12.9. The molecule has 0 aromatic carbocycles. The van der Waals surface area contributed by atoms with Crippen molar-refractivity contribution in [1.82, 2.24) is 4.90 Å². The zero-order chi connectivity index (χ0) is 36.4. The highest BCUT2D eigenvalue weighted by Gasteiger charge is 2.19. The predicted molar refractivity (Wildman–Crippen MR) is 218 cm³/mol. The van der Waals surface area contributed by atoms with E-state index < -0.39 is 0 Å². The first-order valence-corrected chi connectivity index (χ1v) is 22.7. The van der Waals surface area contributed by atoms with Gasteiger partial charge in [-0.3, -0.25) is 4.79 Å². The molecule has 0 amide bonds. The molecule has 5 nitrogen and oxygen atoms in total. The molecule has 0 heterocycles. The van der Waals surface area contributed by atoms with Crippen LogP contribution in [0.5, 0.6) is 0 Å². The molecule has 1 N–H and O–H groups in total. The van der Waals surface area contributed by atoms with E-state index in [1.54, 1.807) is 7.11 Å². The van der Waals surface area contributed by atoms with Gasteiger partial charge in [0.1, 0.15) is 0 Å². The summed E-state index contributed by atoms with van der Waals surface area (Å²) in [4.78, 5) is 15.5. The Morgan fingerprint density at radius 3 is 1.22 bits per heavy atom. The minimum absolute atomic E-state index is 0.0879. The zero-order valence-corrected chi connectivity index (χ0v) is 34.5. The summed E-state index contributed by atoms with van der Waals surface area (Å²) in [6.07, 6.45) is 43.3. The maximum Gasteiger partial charge on any atom is 0.308 e. The number of ether oxygens (including phenoxy) is 2. The van der Waals surface area contributed by atoms with Gasteiger partial charge in [0, 0.05) is 20.3 Å². The van der Waals surface area contributed by atoms with Crippen LogP contribution in [-0.2, 0) is 14.3 Å². The fourth-order valence-electron chi connectivity index (χ4n) is 7.29. The van der Waals surface area contributed by atoms with E-state index >= 15 is 0 Å². The molecule has 300 valence electrons. The molecular weight excluding hydrogens is 618 g/mol. The van der Waals surface area contributed by atoms with Crippen molar-refractivity contribution in [2.75, 3.05) is 46.6 Å². The Morgan fingerprint density at radius 1 is 0.460 bits per heavy atom. The molecule has 0 bridgehead atoms. The van der Waals surface area contributed by atoms with Crippen molar-refractivity contribution in [1.29, 1.82) is 0 Å². The summed E-state index contributed by atoms with van der Waals surface area (Å²) >= 11 is 0. The molecule has 0 fully saturated rings. The van der Waals surface area contributed by atoms with Crippen LogP contribution in [0.4, 0.5) is 0 Å². The van der Waals surface area contributed by atoms with Crippen LogP contribution >= 0.6 is 0 Å². The molecule has 1 atom stereocenters. The van der Waals surface area contributed by atoms with Gasteiger partial charge in [0.05, 0.1) is 12.5 Å². The number of carbonyl (C=O) groups is 1. The van der Waals surface area contributed by atoms with Crippen LogP contribution in [0.15, 0.2) is 0 Å². The SMILES string of the molecule is CCCCCCCCC(CCCCCC)C(=O)OCCCCCCCCCCCCN(CCCCO)CCCCCCCCCCCCOC. The van der Waals surface area contributed by atoms with Crippen molar-refractivity contribution in [2.45, 2.75) is 232 Å². The van der Waals surface area contributed by atoms with Crippen molar-refractivity contribution in [3.63, 3.8) is 0 Å². The molecule has 0 spiro atoms. The maximum absolute atomic E-state index is 12.9. The van der Waals surface area contributed by atoms with Gasteiger partial charge in [-0.15, -0.1) is 0 Å². The van der Waals surface area contributed by atoms with Crippen molar-refractivity contribution < 1.29 is 19.4 Å². The van der Waals surface area contributed by atoms with Crippen LogP contribution in [0, 0.1) is 5.92 Å². The molecule has 0 aliphatic rings. The van der Waals surface area contributed by atoms with E-state index in [4.69, 9.17) is 9.47 Å². The quantitative estimate of drug-likeness (QED) is 0.0504. The van der Waals surface area contributed by atoms with E-state index in [0.29, 0.717) is 13.2 Å². The standard InChI is InChI=1S/C45H91NO4/c1-4-6-8-10-23-29-37-44(36-28-9-7-5-2)45(48)50-43-35-27-22-18-14-12-16-20-25-31-39-46(40-32-33-41-47)38-30-24-19-15-11-13-17-21-26-34-42-49-3/h44,47H,4-43H2,1-3H3. The molecule has 0 saturated heterocycles. The lowest BCUT2D eigenvalue weighted by atomic mass is 9.94. The van der Waals surface area contributed by atoms with Crippen LogP contribution in [0.25, 0.3) is 0 Å². The molecule has 0 aromatic rings. The summed E-state index contributed by atoms with van der Waals surface area (Å²) in [5.41, 5.74) is 0. The first-order valence-electron chi connectivity index (χ1n) is 22.7. The fourth-order valence-corrected chi connectivity index (χ4v) is 7.29. The van der Waals surface area contributed by atoms with Gasteiger partial charge in [0.25, 0.3) is 0 Å². The Hall–Kier alpha value is -0.650. The molecule has 0 aliphatic heterocycles. The summed E-state index contributed by atoms with van der Waals surface area (Å²) in [6.45, 7) is 10.0. The number of rotatable bonds is 43. The highest BCUT2D eigenvalue weighted by molar-refractivity contribution is 5.72. The Balaban J connectivity index is 3.84. The third-order valence-electron chi connectivity index (χ3n) is 10.7. The molecule has 1 unspecified atom stereocenters. The third-order valence-corrected chi connectivity index (χ3v) is 10.7. The lowest BCUT2D eigenvalue weighted by molar-refractivity contribution is -0.149. The first kappa shape index (κ1) is 49.4. The van der Waals surface area contributed by atoms with Gasteiger partial charge in [-0.2, -0.15) is 0 Å². The highest BCUT2D eigenvalue weighted by Crippen LogP contribution is 2.21. The summed E-state index contributed by atoms with van der Waals surface area (Å²) in [5, 5.41) is 9.24. The second-order valence-electron chi connectivity index (χ2n) is 15.6. The van der Waals surface area contributed by atoms with Crippen molar-refractivity contribution in [3.8, 4) is 0 Å². The monoisotopic (exact) mass is 710 g/mol. The van der Waals surface area contributed by atoms with Gasteiger partial charge in [-0.1, -0.05) is 181 Å². The smallest absolute Gasteiger partial charge is 0.308 e. The zero-order valence-electron chi connectivity index (χ0n) is 34.5. The average molecular weight is 710 g/mol. The van der Waals surface area contributed by atoms with Crippen molar-refractivity contribution in [2.24, 2.45) is 5.92 Å². The number of hydrogen-bond acceptors (Lipinski definition) is 5. The van der Waals surface area contributed by atoms with Gasteiger partial charge < -0.3 is 19.5 Å². The number of hydrogen-bond donors (Lipinski definition) is 1. The van der Waals surface area contributed by atoms with Crippen molar-refractivity contribution in [3.05, 3.63) is 0 Å². The molecule has 0 aliphatic carbocycles. The topological polar surface area (TPSA) is 59.0 Å². The Labute approximate surface area is 314 Å². The van der Waals surface area contributed by atoms with E-state index in [0.717, 1.165) is 45.3 Å². The minimum Gasteiger partial charge on any atom is -0.465 e. The molecule has 0 rings (SSSR count). The van der Waals surface area contributed by atoms with Crippen LogP contribution in [-0.4, -0.2) is 62.5 Å². The number of esters is 1. The van der Waals surface area contributed by atoms with Crippen molar-refractivity contribution >= 4 is 5.97 Å². The summed E-state index contributed by atoms with van der Waals surface area (Å²) in [5.74, 6) is 0.217. The lowest BCUT2D eigenvalue weighted by Crippen LogP contribution is -2.27.